The number of hydrogen-bond acceptors (Lipinski definition) is 2. The van der Waals surface area contributed by atoms with Gasteiger partial charge in [0.05, 0.1) is 16.4 Å². The van der Waals surface area contributed by atoms with E-state index in [2.05, 4.69) is 41.5 Å². The Morgan fingerprint density at radius 2 is 2.20 bits per heavy atom. The van der Waals surface area contributed by atoms with Gasteiger partial charge in [0.25, 0.3) is 0 Å². The molecular formula is C16H21ClN2S. The lowest BCUT2D eigenvalue weighted by Gasteiger charge is -2.18. The Kier molecular flexibility index (Phi) is 4.27. The molecule has 1 saturated carbocycles. The molecule has 0 N–H and O–H groups in total. The summed E-state index contributed by atoms with van der Waals surface area (Å²) in [5.41, 5.74) is 2.31. The zero-order valence-electron chi connectivity index (χ0n) is 12.1. The van der Waals surface area contributed by atoms with Crippen LogP contribution in [0.1, 0.15) is 50.4 Å². The minimum absolute atomic E-state index is 0.0414. The summed E-state index contributed by atoms with van der Waals surface area (Å²) in [7, 11) is 0. The second-order valence-electron chi connectivity index (χ2n) is 5.49. The summed E-state index contributed by atoms with van der Waals surface area (Å²) in [6.45, 7) is 4.27. The van der Waals surface area contributed by atoms with Gasteiger partial charge in [0.2, 0.25) is 0 Å². The zero-order valence-corrected chi connectivity index (χ0v) is 13.6. The summed E-state index contributed by atoms with van der Waals surface area (Å²) in [5.74, 6) is 2.24. The SMILES string of the molecule is CCSC1CCC(n2c(C(C)Cl)nc3ccccc32)C1. The third-order valence-corrected chi connectivity index (χ3v) is 5.53. The molecule has 3 rings (SSSR count). The van der Waals surface area contributed by atoms with Gasteiger partial charge in [-0.25, -0.2) is 4.98 Å². The Morgan fingerprint density at radius 3 is 2.95 bits per heavy atom. The van der Waals surface area contributed by atoms with Crippen LogP contribution >= 0.6 is 23.4 Å². The first kappa shape index (κ1) is 14.3. The lowest BCUT2D eigenvalue weighted by Crippen LogP contribution is -2.11. The van der Waals surface area contributed by atoms with Crippen molar-refractivity contribution in [3.8, 4) is 0 Å². The molecule has 3 unspecified atom stereocenters. The number of thioether (sulfide) groups is 1. The van der Waals surface area contributed by atoms with Gasteiger partial charge >= 0.3 is 0 Å². The molecule has 0 bridgehead atoms. The van der Waals surface area contributed by atoms with E-state index < -0.39 is 0 Å². The molecule has 1 aromatic heterocycles. The number of fused-ring (bicyclic) bond motifs is 1. The van der Waals surface area contributed by atoms with Crippen molar-refractivity contribution < 1.29 is 0 Å². The molecule has 1 aliphatic rings. The van der Waals surface area contributed by atoms with Crippen molar-refractivity contribution >= 4 is 34.4 Å². The monoisotopic (exact) mass is 308 g/mol. The van der Waals surface area contributed by atoms with Gasteiger partial charge < -0.3 is 4.57 Å². The first-order valence-corrected chi connectivity index (χ1v) is 8.91. The van der Waals surface area contributed by atoms with E-state index in [1.54, 1.807) is 0 Å². The van der Waals surface area contributed by atoms with Gasteiger partial charge in [-0.3, -0.25) is 0 Å². The van der Waals surface area contributed by atoms with Crippen molar-refractivity contribution in [2.75, 3.05) is 5.75 Å². The normalized spacial score (nSPS) is 24.4. The maximum absolute atomic E-state index is 6.37. The number of halogens is 1. The van der Waals surface area contributed by atoms with Crippen LogP contribution < -0.4 is 0 Å². The highest BCUT2D eigenvalue weighted by Crippen LogP contribution is 2.40. The zero-order chi connectivity index (χ0) is 14.1. The molecule has 0 radical (unpaired) electrons. The lowest BCUT2D eigenvalue weighted by molar-refractivity contribution is 0.511. The molecule has 2 aromatic rings. The third-order valence-electron chi connectivity index (χ3n) is 4.10. The fourth-order valence-electron chi connectivity index (χ4n) is 3.27. The van der Waals surface area contributed by atoms with Crippen molar-refractivity contribution in [2.45, 2.75) is 49.8 Å². The summed E-state index contributed by atoms with van der Waals surface area (Å²) in [6, 6.07) is 8.96. The smallest absolute Gasteiger partial charge is 0.127 e. The molecule has 1 heterocycles. The fourth-order valence-corrected chi connectivity index (χ4v) is 4.55. The summed E-state index contributed by atoms with van der Waals surface area (Å²) in [6.07, 6.45) is 3.80. The highest BCUT2D eigenvalue weighted by Gasteiger charge is 2.29. The van der Waals surface area contributed by atoms with Crippen molar-refractivity contribution in [2.24, 2.45) is 0 Å². The largest absolute Gasteiger partial charge is 0.324 e. The van der Waals surface area contributed by atoms with Crippen LogP contribution in [0, 0.1) is 0 Å². The molecule has 0 amide bonds. The molecule has 0 spiro atoms. The maximum atomic E-state index is 6.37. The molecule has 4 heteroatoms. The highest BCUT2D eigenvalue weighted by atomic mass is 35.5. The van der Waals surface area contributed by atoms with Gasteiger partial charge in [0.1, 0.15) is 5.82 Å². The van der Waals surface area contributed by atoms with Crippen molar-refractivity contribution in [3.05, 3.63) is 30.1 Å². The summed E-state index contributed by atoms with van der Waals surface area (Å²) in [5, 5.41) is 0.755. The molecule has 3 atom stereocenters. The molecule has 108 valence electrons. The minimum Gasteiger partial charge on any atom is -0.324 e. The Hall–Kier alpha value is -0.670. The number of aromatic nitrogens is 2. The first-order valence-electron chi connectivity index (χ1n) is 7.43. The predicted octanol–water partition coefficient (Wildman–Crippen LogP) is 5.18. The lowest BCUT2D eigenvalue weighted by atomic mass is 10.2. The number of para-hydroxylation sites is 2. The van der Waals surface area contributed by atoms with Gasteiger partial charge in [-0.2, -0.15) is 11.8 Å². The second kappa shape index (κ2) is 5.98. The number of rotatable bonds is 4. The molecular weight excluding hydrogens is 288 g/mol. The number of benzene rings is 1. The van der Waals surface area contributed by atoms with Crippen LogP contribution in [0.15, 0.2) is 24.3 Å². The highest BCUT2D eigenvalue weighted by molar-refractivity contribution is 7.99. The van der Waals surface area contributed by atoms with Gasteiger partial charge in [-0.05, 0) is 44.1 Å². The number of alkyl halides is 1. The number of nitrogens with zero attached hydrogens (tertiary/aromatic N) is 2. The van der Waals surface area contributed by atoms with Gasteiger partial charge in [-0.1, -0.05) is 19.1 Å². The Balaban J connectivity index is 1.99. The summed E-state index contributed by atoms with van der Waals surface area (Å²) < 4.78 is 2.41. The average molecular weight is 309 g/mol. The Morgan fingerprint density at radius 1 is 1.40 bits per heavy atom. The predicted molar refractivity (Wildman–Crippen MR) is 88.8 cm³/mol. The maximum Gasteiger partial charge on any atom is 0.127 e. The van der Waals surface area contributed by atoms with E-state index >= 15 is 0 Å². The van der Waals surface area contributed by atoms with E-state index in [0.717, 1.165) is 16.6 Å². The van der Waals surface area contributed by atoms with Gasteiger partial charge in [0.15, 0.2) is 0 Å². The molecule has 0 aliphatic heterocycles. The molecule has 2 nitrogen and oxygen atoms in total. The van der Waals surface area contributed by atoms with E-state index in [4.69, 9.17) is 16.6 Å². The topological polar surface area (TPSA) is 17.8 Å². The average Bonchev–Trinajstić information content (AvgIpc) is 3.02. The van der Waals surface area contributed by atoms with Crippen molar-refractivity contribution in [1.29, 1.82) is 0 Å². The molecule has 1 aromatic carbocycles. The van der Waals surface area contributed by atoms with Crippen LogP contribution in [0.25, 0.3) is 11.0 Å². The van der Waals surface area contributed by atoms with Crippen molar-refractivity contribution in [3.63, 3.8) is 0 Å². The van der Waals surface area contributed by atoms with Crippen LogP contribution in [-0.2, 0) is 0 Å². The Labute approximate surface area is 129 Å². The summed E-state index contributed by atoms with van der Waals surface area (Å²) >= 11 is 8.46. The van der Waals surface area contributed by atoms with E-state index in [9.17, 15) is 0 Å². The van der Waals surface area contributed by atoms with E-state index in [-0.39, 0.29) is 5.38 Å². The van der Waals surface area contributed by atoms with Crippen LogP contribution in [-0.4, -0.2) is 20.6 Å². The van der Waals surface area contributed by atoms with Crippen LogP contribution in [0.5, 0.6) is 0 Å². The fraction of sp³-hybridized carbons (Fsp3) is 0.562. The van der Waals surface area contributed by atoms with Crippen LogP contribution in [0.4, 0.5) is 0 Å². The van der Waals surface area contributed by atoms with Gasteiger partial charge in [-0.15, -0.1) is 11.6 Å². The van der Waals surface area contributed by atoms with Crippen LogP contribution in [0.3, 0.4) is 0 Å². The van der Waals surface area contributed by atoms with E-state index in [1.165, 1.54) is 30.5 Å². The second-order valence-corrected chi connectivity index (χ2v) is 7.72. The minimum atomic E-state index is -0.0414. The molecule has 20 heavy (non-hydrogen) atoms. The molecule has 0 saturated heterocycles. The Bertz CT molecular complexity index is 593. The van der Waals surface area contributed by atoms with Crippen molar-refractivity contribution in [1.82, 2.24) is 9.55 Å². The molecule has 1 fully saturated rings. The molecule has 1 aliphatic carbocycles. The van der Waals surface area contributed by atoms with E-state index in [1.807, 2.05) is 13.0 Å². The first-order chi connectivity index (χ1) is 9.70. The van der Waals surface area contributed by atoms with E-state index in [0.29, 0.717) is 6.04 Å². The van der Waals surface area contributed by atoms with Gasteiger partial charge in [0, 0.05) is 11.3 Å². The van der Waals surface area contributed by atoms with Crippen LogP contribution in [0.2, 0.25) is 0 Å². The number of hydrogen-bond donors (Lipinski definition) is 0. The standard InChI is InChI=1S/C16H21ClN2S/c1-3-20-13-9-8-12(10-13)19-15-7-5-4-6-14(15)18-16(19)11(2)17/h4-7,11-13H,3,8-10H2,1-2H3. The number of imidazole rings is 1. The third kappa shape index (κ3) is 2.58. The summed E-state index contributed by atoms with van der Waals surface area (Å²) in [4.78, 5) is 4.75. The quantitative estimate of drug-likeness (QED) is 0.724.